The molecular weight excluding hydrogens is 466 g/mol. The fraction of sp³-hybridized carbons (Fsp3) is 0.154. The van der Waals surface area contributed by atoms with Crippen LogP contribution in [0.5, 0.6) is 17.2 Å². The van der Waals surface area contributed by atoms with Crippen molar-refractivity contribution in [2.24, 2.45) is 0 Å². The fourth-order valence-electron chi connectivity index (χ4n) is 4.05. The van der Waals surface area contributed by atoms with Gasteiger partial charge in [-0.15, -0.1) is 0 Å². The van der Waals surface area contributed by atoms with E-state index < -0.39 is 0 Å². The second kappa shape index (κ2) is 9.49. The third kappa shape index (κ3) is 4.67. The van der Waals surface area contributed by atoms with Crippen LogP contribution >= 0.6 is 11.6 Å². The zero-order valence-corrected chi connectivity index (χ0v) is 19.5. The molecule has 5 rings (SSSR count). The number of hydrogen-bond donors (Lipinski definition) is 1. The van der Waals surface area contributed by atoms with Gasteiger partial charge in [-0.2, -0.15) is 10.2 Å². The molecule has 174 valence electrons. The van der Waals surface area contributed by atoms with Crippen molar-refractivity contribution >= 4 is 17.4 Å². The van der Waals surface area contributed by atoms with E-state index in [4.69, 9.17) is 21.1 Å². The highest BCUT2D eigenvalue weighted by atomic mass is 35.5. The van der Waals surface area contributed by atoms with E-state index in [0.717, 1.165) is 34.6 Å². The summed E-state index contributed by atoms with van der Waals surface area (Å²) in [4.78, 5) is 20.9. The molecule has 0 radical (unpaired) electrons. The smallest absolute Gasteiger partial charge is 0.349 e. The molecule has 0 fully saturated rings. The Hall–Kier alpha value is -4.35. The van der Waals surface area contributed by atoms with Crippen LogP contribution in [0.4, 0.5) is 5.82 Å². The van der Waals surface area contributed by atoms with E-state index in [1.807, 2.05) is 30.3 Å². The quantitative estimate of drug-likeness (QED) is 0.418. The Labute approximate surface area is 206 Å². The van der Waals surface area contributed by atoms with Gasteiger partial charge in [-0.3, -0.25) is 9.55 Å². The van der Waals surface area contributed by atoms with Crippen LogP contribution in [0.15, 0.2) is 65.7 Å². The number of aromatic nitrogens is 3. The highest BCUT2D eigenvalue weighted by molar-refractivity contribution is 6.30. The number of nitriles is 1. The number of benzene rings is 2. The summed E-state index contributed by atoms with van der Waals surface area (Å²) in [5.41, 5.74) is 3.83. The maximum Gasteiger partial charge on any atom is 0.349 e. The summed E-state index contributed by atoms with van der Waals surface area (Å²) in [5.74, 6) is 2.10. The molecule has 0 amide bonds. The summed E-state index contributed by atoms with van der Waals surface area (Å²) in [5, 5.41) is 13.3. The van der Waals surface area contributed by atoms with Crippen molar-refractivity contribution in [3.05, 3.63) is 93.1 Å². The zero-order chi connectivity index (χ0) is 24.4. The minimum atomic E-state index is -0.303. The van der Waals surface area contributed by atoms with Crippen molar-refractivity contribution < 1.29 is 9.47 Å². The lowest BCUT2D eigenvalue weighted by atomic mass is 9.97. The van der Waals surface area contributed by atoms with Crippen molar-refractivity contribution in [1.82, 2.24) is 14.5 Å². The van der Waals surface area contributed by atoms with Gasteiger partial charge in [0.15, 0.2) is 0 Å². The Kier molecular flexibility index (Phi) is 6.08. The second-order valence-corrected chi connectivity index (χ2v) is 8.41. The van der Waals surface area contributed by atoms with Crippen LogP contribution in [0.3, 0.4) is 0 Å². The van der Waals surface area contributed by atoms with Crippen LogP contribution in [0, 0.1) is 11.3 Å². The van der Waals surface area contributed by atoms with Gasteiger partial charge in [0.1, 0.15) is 29.1 Å². The number of pyridine rings is 1. The van der Waals surface area contributed by atoms with Crippen LogP contribution in [-0.4, -0.2) is 21.6 Å². The van der Waals surface area contributed by atoms with E-state index in [9.17, 15) is 10.1 Å². The van der Waals surface area contributed by atoms with E-state index >= 15 is 0 Å². The summed E-state index contributed by atoms with van der Waals surface area (Å²) >= 11 is 5.96. The largest absolute Gasteiger partial charge is 0.497 e. The number of fused-ring (bicyclic) bond motifs is 3. The van der Waals surface area contributed by atoms with Gasteiger partial charge >= 0.3 is 5.69 Å². The number of anilines is 1. The normalized spacial score (nSPS) is 11.7. The molecule has 0 atom stereocenters. The molecule has 2 aromatic heterocycles. The molecule has 1 aliphatic heterocycles. The van der Waals surface area contributed by atoms with Crippen molar-refractivity contribution in [2.45, 2.75) is 19.5 Å². The van der Waals surface area contributed by atoms with Crippen molar-refractivity contribution in [2.75, 3.05) is 12.4 Å². The average molecular weight is 486 g/mol. The van der Waals surface area contributed by atoms with Gasteiger partial charge in [0.25, 0.3) is 0 Å². The van der Waals surface area contributed by atoms with Crippen LogP contribution in [0.25, 0.3) is 11.3 Å². The summed E-state index contributed by atoms with van der Waals surface area (Å²) in [6.45, 7) is 0.940. The topological polar surface area (TPSA) is 102 Å². The molecule has 9 heteroatoms. The minimum absolute atomic E-state index is 0.303. The molecule has 1 N–H and O–H groups in total. The van der Waals surface area contributed by atoms with Gasteiger partial charge in [0.2, 0.25) is 0 Å². The number of nitrogens with zero attached hydrogens (tertiary/aromatic N) is 4. The maximum absolute atomic E-state index is 12.7. The van der Waals surface area contributed by atoms with Crippen LogP contribution < -0.4 is 20.5 Å². The molecule has 2 aromatic carbocycles. The number of methoxy groups -OCH3 is 1. The van der Waals surface area contributed by atoms with Gasteiger partial charge in [0.05, 0.1) is 29.6 Å². The Morgan fingerprint density at radius 3 is 2.83 bits per heavy atom. The first-order valence-corrected chi connectivity index (χ1v) is 11.3. The Balaban J connectivity index is 1.37. The Morgan fingerprint density at radius 2 is 2.03 bits per heavy atom. The highest BCUT2D eigenvalue weighted by Crippen LogP contribution is 2.32. The third-order valence-corrected chi connectivity index (χ3v) is 5.96. The van der Waals surface area contributed by atoms with Crippen LogP contribution in [0.1, 0.15) is 16.7 Å². The lowest BCUT2D eigenvalue weighted by Gasteiger charge is -2.22. The Bertz CT molecular complexity index is 1530. The first kappa shape index (κ1) is 22.4. The van der Waals surface area contributed by atoms with E-state index in [0.29, 0.717) is 41.0 Å². The van der Waals surface area contributed by atoms with Crippen molar-refractivity contribution in [1.29, 1.82) is 5.26 Å². The molecule has 1 aliphatic rings. The standard InChI is InChI=1S/C26H20ClN5O3/c1-34-20-3-4-22-17(9-20)6-7-32-23(22)11-25(31-26(32)33)30-13-16-2-5-24(18(8-16)12-28)35-21-10-19(27)14-29-15-21/h2-5,8-11,14-15H,6-7,13H2,1H3,(H,30,31,33). The van der Waals surface area contributed by atoms with E-state index in [2.05, 4.69) is 21.4 Å². The number of hydrogen-bond acceptors (Lipinski definition) is 7. The molecule has 0 spiro atoms. The lowest BCUT2D eigenvalue weighted by Crippen LogP contribution is -2.29. The summed E-state index contributed by atoms with van der Waals surface area (Å²) in [6, 6.07) is 16.8. The number of aryl methyl sites for hydroxylation is 1. The fourth-order valence-corrected chi connectivity index (χ4v) is 4.22. The summed E-state index contributed by atoms with van der Waals surface area (Å²) < 4.78 is 12.8. The van der Waals surface area contributed by atoms with Crippen LogP contribution in [0.2, 0.25) is 5.02 Å². The molecule has 0 aliphatic carbocycles. The van der Waals surface area contributed by atoms with E-state index in [-0.39, 0.29) is 5.69 Å². The number of nitrogens with one attached hydrogen (secondary N) is 1. The zero-order valence-electron chi connectivity index (χ0n) is 18.8. The number of halogens is 1. The van der Waals surface area contributed by atoms with Crippen LogP contribution in [-0.2, 0) is 19.5 Å². The monoisotopic (exact) mass is 485 g/mol. The van der Waals surface area contributed by atoms with Gasteiger partial charge in [0, 0.05) is 37.0 Å². The van der Waals surface area contributed by atoms with Crippen molar-refractivity contribution in [3.8, 4) is 34.6 Å². The number of rotatable bonds is 6. The van der Waals surface area contributed by atoms with Crippen molar-refractivity contribution in [3.63, 3.8) is 0 Å². The van der Waals surface area contributed by atoms with E-state index in [1.54, 1.807) is 29.9 Å². The van der Waals surface area contributed by atoms with E-state index in [1.165, 1.54) is 12.4 Å². The molecule has 8 nitrogen and oxygen atoms in total. The molecular formula is C26H20ClN5O3. The molecule has 0 saturated heterocycles. The first-order chi connectivity index (χ1) is 17.0. The Morgan fingerprint density at radius 1 is 1.14 bits per heavy atom. The average Bonchev–Trinajstić information content (AvgIpc) is 2.87. The molecule has 0 unspecified atom stereocenters. The minimum Gasteiger partial charge on any atom is -0.497 e. The lowest BCUT2D eigenvalue weighted by molar-refractivity contribution is 0.414. The number of ether oxygens (including phenoxy) is 2. The highest BCUT2D eigenvalue weighted by Gasteiger charge is 2.19. The predicted molar refractivity (Wildman–Crippen MR) is 132 cm³/mol. The van der Waals surface area contributed by atoms with Gasteiger partial charge in [-0.25, -0.2) is 4.79 Å². The predicted octanol–water partition coefficient (Wildman–Crippen LogP) is 4.80. The first-order valence-electron chi connectivity index (χ1n) is 10.9. The molecule has 4 aromatic rings. The molecule has 0 bridgehead atoms. The summed E-state index contributed by atoms with van der Waals surface area (Å²) in [6.07, 6.45) is 3.77. The molecule has 0 saturated carbocycles. The maximum atomic E-state index is 12.7. The summed E-state index contributed by atoms with van der Waals surface area (Å²) in [7, 11) is 1.64. The third-order valence-electron chi connectivity index (χ3n) is 5.75. The molecule has 35 heavy (non-hydrogen) atoms. The van der Waals surface area contributed by atoms with Gasteiger partial charge in [-0.1, -0.05) is 17.7 Å². The molecule has 3 heterocycles. The van der Waals surface area contributed by atoms with Gasteiger partial charge in [-0.05, 0) is 47.9 Å². The van der Waals surface area contributed by atoms with Gasteiger partial charge < -0.3 is 14.8 Å². The second-order valence-electron chi connectivity index (χ2n) is 7.97. The SMILES string of the molecule is COc1ccc2c(c1)CCn1c-2cc(NCc2ccc(Oc3cncc(Cl)c3)c(C#N)c2)nc1=O.